The quantitative estimate of drug-likeness (QED) is 0.709. The minimum Gasteiger partial charge on any atom is -0.351 e. The van der Waals surface area contributed by atoms with Gasteiger partial charge < -0.3 is 5.32 Å². The number of rotatable bonds is 7. The Kier molecular flexibility index (Phi) is 5.85. The maximum atomic E-state index is 12.2. The summed E-state index contributed by atoms with van der Waals surface area (Å²) in [5.41, 5.74) is 2.19. The number of nitrogens with one attached hydrogen (secondary N) is 1. The van der Waals surface area contributed by atoms with Crippen LogP contribution >= 0.6 is 11.8 Å². The Balaban J connectivity index is 1.46. The zero-order valence-corrected chi connectivity index (χ0v) is 14.8. The van der Waals surface area contributed by atoms with Gasteiger partial charge in [-0.2, -0.15) is 5.10 Å². The first-order valence-electron chi connectivity index (χ1n) is 8.10. The smallest absolute Gasteiger partial charge is 0.233 e. The molecule has 0 spiro atoms. The molecule has 0 radical (unpaired) electrons. The lowest BCUT2D eigenvalue weighted by Crippen LogP contribution is -2.30. The third kappa shape index (κ3) is 4.93. The number of pyridine rings is 1. The fraction of sp³-hybridized carbons (Fsp3) is 0.211. The SMILES string of the molecule is C[C@@H](SCc1ccccc1)C(=O)NCc1ccc(-n2cccn2)nc1. The summed E-state index contributed by atoms with van der Waals surface area (Å²) in [4.78, 5) is 16.6. The highest BCUT2D eigenvalue weighted by Gasteiger charge is 2.13. The number of hydrogen-bond donors (Lipinski definition) is 1. The van der Waals surface area contributed by atoms with Crippen molar-refractivity contribution < 1.29 is 4.79 Å². The molecule has 0 aliphatic heterocycles. The van der Waals surface area contributed by atoms with E-state index < -0.39 is 0 Å². The van der Waals surface area contributed by atoms with Crippen LogP contribution in [-0.4, -0.2) is 25.9 Å². The highest BCUT2D eigenvalue weighted by atomic mass is 32.2. The Labute approximate surface area is 151 Å². The Morgan fingerprint density at radius 1 is 1.16 bits per heavy atom. The van der Waals surface area contributed by atoms with E-state index >= 15 is 0 Å². The number of amides is 1. The van der Waals surface area contributed by atoms with Crippen LogP contribution in [0.3, 0.4) is 0 Å². The average Bonchev–Trinajstić information content (AvgIpc) is 3.20. The van der Waals surface area contributed by atoms with Gasteiger partial charge in [0.2, 0.25) is 5.91 Å². The molecular weight excluding hydrogens is 332 g/mol. The summed E-state index contributed by atoms with van der Waals surface area (Å²) in [6.07, 6.45) is 5.32. The molecule has 3 rings (SSSR count). The molecule has 5 nitrogen and oxygen atoms in total. The van der Waals surface area contributed by atoms with Crippen LogP contribution < -0.4 is 5.32 Å². The lowest BCUT2D eigenvalue weighted by Gasteiger charge is -2.12. The van der Waals surface area contributed by atoms with Gasteiger partial charge in [0.05, 0.1) is 5.25 Å². The molecule has 0 fully saturated rings. The van der Waals surface area contributed by atoms with Crippen LogP contribution in [0.15, 0.2) is 67.1 Å². The second-order valence-corrected chi connectivity index (χ2v) is 6.96. The van der Waals surface area contributed by atoms with E-state index in [0.29, 0.717) is 6.54 Å². The number of nitrogens with zero attached hydrogens (tertiary/aromatic N) is 3. The van der Waals surface area contributed by atoms with Gasteiger partial charge >= 0.3 is 0 Å². The van der Waals surface area contributed by atoms with E-state index in [1.54, 1.807) is 28.8 Å². The Bertz CT molecular complexity index is 788. The van der Waals surface area contributed by atoms with Crippen molar-refractivity contribution in [1.82, 2.24) is 20.1 Å². The standard InChI is InChI=1S/C19H20N4OS/c1-15(25-14-16-6-3-2-4-7-16)19(24)21-13-17-8-9-18(20-12-17)23-11-5-10-22-23/h2-12,15H,13-14H2,1H3,(H,21,24)/t15-/m1/s1. The van der Waals surface area contributed by atoms with Crippen LogP contribution in [0.5, 0.6) is 0 Å². The predicted octanol–water partition coefficient (Wildman–Crippen LogP) is 3.21. The molecule has 25 heavy (non-hydrogen) atoms. The molecule has 1 atom stereocenters. The summed E-state index contributed by atoms with van der Waals surface area (Å²) in [5, 5.41) is 7.01. The Morgan fingerprint density at radius 3 is 2.68 bits per heavy atom. The molecule has 6 heteroatoms. The number of aromatic nitrogens is 3. The van der Waals surface area contributed by atoms with Crippen molar-refractivity contribution in [1.29, 1.82) is 0 Å². The average molecular weight is 352 g/mol. The molecule has 2 aromatic heterocycles. The molecule has 3 aromatic rings. The third-order valence-corrected chi connectivity index (χ3v) is 4.94. The van der Waals surface area contributed by atoms with Crippen molar-refractivity contribution in [2.75, 3.05) is 0 Å². The van der Waals surface area contributed by atoms with Gasteiger partial charge in [-0.3, -0.25) is 4.79 Å². The van der Waals surface area contributed by atoms with Gasteiger partial charge in [-0.05, 0) is 30.2 Å². The van der Waals surface area contributed by atoms with Gasteiger partial charge in [-0.25, -0.2) is 9.67 Å². The molecule has 1 aromatic carbocycles. The highest BCUT2D eigenvalue weighted by Crippen LogP contribution is 2.17. The topological polar surface area (TPSA) is 59.8 Å². The number of thioether (sulfide) groups is 1. The van der Waals surface area contributed by atoms with E-state index in [4.69, 9.17) is 0 Å². The summed E-state index contributed by atoms with van der Waals surface area (Å²) in [6, 6.07) is 15.9. The second-order valence-electron chi connectivity index (χ2n) is 5.63. The molecule has 0 bridgehead atoms. The molecule has 0 unspecified atom stereocenters. The van der Waals surface area contributed by atoms with Crippen molar-refractivity contribution in [3.63, 3.8) is 0 Å². The van der Waals surface area contributed by atoms with Crippen molar-refractivity contribution >= 4 is 17.7 Å². The van der Waals surface area contributed by atoms with Gasteiger partial charge in [0, 0.05) is 30.9 Å². The Morgan fingerprint density at radius 2 is 2.00 bits per heavy atom. The summed E-state index contributed by atoms with van der Waals surface area (Å²) in [6.45, 7) is 2.41. The first-order chi connectivity index (χ1) is 12.2. The second kappa shape index (κ2) is 8.48. The van der Waals surface area contributed by atoms with Crippen LogP contribution in [0.1, 0.15) is 18.1 Å². The largest absolute Gasteiger partial charge is 0.351 e. The first kappa shape index (κ1) is 17.2. The predicted molar refractivity (Wildman–Crippen MR) is 100 cm³/mol. The van der Waals surface area contributed by atoms with E-state index in [1.165, 1.54) is 5.56 Å². The molecule has 2 heterocycles. The van der Waals surface area contributed by atoms with Gasteiger partial charge in [0.15, 0.2) is 5.82 Å². The van der Waals surface area contributed by atoms with Crippen LogP contribution in [0.2, 0.25) is 0 Å². The molecule has 0 aliphatic rings. The van der Waals surface area contributed by atoms with Crippen LogP contribution in [0.25, 0.3) is 5.82 Å². The fourth-order valence-electron chi connectivity index (χ4n) is 2.27. The van der Waals surface area contributed by atoms with Gasteiger partial charge in [-0.1, -0.05) is 36.4 Å². The maximum absolute atomic E-state index is 12.2. The van der Waals surface area contributed by atoms with E-state index in [2.05, 4.69) is 27.5 Å². The number of carbonyl (C=O) groups is 1. The number of benzene rings is 1. The van der Waals surface area contributed by atoms with Crippen molar-refractivity contribution in [3.05, 3.63) is 78.2 Å². The van der Waals surface area contributed by atoms with E-state index in [0.717, 1.165) is 17.1 Å². The fourth-order valence-corrected chi connectivity index (χ4v) is 3.13. The number of hydrogen-bond acceptors (Lipinski definition) is 4. The monoisotopic (exact) mass is 352 g/mol. The summed E-state index contributed by atoms with van der Waals surface area (Å²) >= 11 is 1.63. The number of carbonyl (C=O) groups excluding carboxylic acids is 1. The van der Waals surface area contributed by atoms with E-state index in [1.807, 2.05) is 49.5 Å². The molecule has 128 valence electrons. The van der Waals surface area contributed by atoms with Crippen LogP contribution in [0.4, 0.5) is 0 Å². The van der Waals surface area contributed by atoms with E-state index in [-0.39, 0.29) is 11.2 Å². The third-order valence-electron chi connectivity index (χ3n) is 3.73. The lowest BCUT2D eigenvalue weighted by molar-refractivity contribution is -0.120. The first-order valence-corrected chi connectivity index (χ1v) is 9.15. The molecular formula is C19H20N4OS. The molecule has 0 saturated carbocycles. The van der Waals surface area contributed by atoms with Crippen molar-refractivity contribution in [2.24, 2.45) is 0 Å². The van der Waals surface area contributed by atoms with Gasteiger partial charge in [0.1, 0.15) is 0 Å². The molecule has 0 aliphatic carbocycles. The van der Waals surface area contributed by atoms with Gasteiger partial charge in [-0.15, -0.1) is 11.8 Å². The van der Waals surface area contributed by atoms with Crippen molar-refractivity contribution in [3.8, 4) is 5.82 Å². The summed E-state index contributed by atoms with van der Waals surface area (Å²) in [7, 11) is 0. The van der Waals surface area contributed by atoms with Gasteiger partial charge in [0.25, 0.3) is 0 Å². The zero-order chi connectivity index (χ0) is 17.5. The minimum absolute atomic E-state index is 0.0390. The minimum atomic E-state index is -0.100. The molecule has 0 saturated heterocycles. The van der Waals surface area contributed by atoms with Crippen LogP contribution in [0, 0.1) is 0 Å². The highest BCUT2D eigenvalue weighted by molar-refractivity contribution is 7.99. The zero-order valence-electron chi connectivity index (χ0n) is 14.0. The Hall–Kier alpha value is -2.60. The normalized spacial score (nSPS) is 11.9. The lowest BCUT2D eigenvalue weighted by atomic mass is 10.2. The summed E-state index contributed by atoms with van der Waals surface area (Å²) < 4.78 is 1.70. The van der Waals surface area contributed by atoms with E-state index in [9.17, 15) is 4.79 Å². The molecule has 1 amide bonds. The maximum Gasteiger partial charge on any atom is 0.233 e. The van der Waals surface area contributed by atoms with Crippen LogP contribution in [-0.2, 0) is 17.1 Å². The molecule has 1 N–H and O–H groups in total. The summed E-state index contributed by atoms with van der Waals surface area (Å²) in [5.74, 6) is 1.62. The van der Waals surface area contributed by atoms with Crippen molar-refractivity contribution in [2.45, 2.75) is 24.5 Å².